The summed E-state index contributed by atoms with van der Waals surface area (Å²) in [5.74, 6) is -1.70. The van der Waals surface area contributed by atoms with Crippen LogP contribution in [0.4, 0.5) is 9.18 Å². The average molecular weight is 323 g/mol. The lowest BCUT2D eigenvalue weighted by Crippen LogP contribution is -2.53. The van der Waals surface area contributed by atoms with Crippen LogP contribution in [-0.4, -0.2) is 40.8 Å². The molecule has 1 atom stereocenters. The Kier molecular flexibility index (Phi) is 4.63. The number of ether oxygens (including phenoxy) is 1. The Morgan fingerprint density at radius 3 is 2.52 bits per heavy atom. The highest BCUT2D eigenvalue weighted by atomic mass is 19.1. The molecule has 0 radical (unpaired) electrons. The highest BCUT2D eigenvalue weighted by molar-refractivity contribution is 5.83. The van der Waals surface area contributed by atoms with E-state index >= 15 is 0 Å². The second-order valence-corrected chi connectivity index (χ2v) is 6.87. The first-order valence-electron chi connectivity index (χ1n) is 7.62. The zero-order valence-electron chi connectivity index (χ0n) is 13.6. The smallest absolute Gasteiger partial charge is 0.410 e. The lowest BCUT2D eigenvalue weighted by Gasteiger charge is -2.40. The van der Waals surface area contributed by atoms with Crippen molar-refractivity contribution in [3.63, 3.8) is 0 Å². The number of piperidine rings is 1. The summed E-state index contributed by atoms with van der Waals surface area (Å²) in [6.45, 7) is 5.54. The molecular formula is C17H22FNO4. The van der Waals surface area contributed by atoms with E-state index in [4.69, 9.17) is 4.74 Å². The van der Waals surface area contributed by atoms with Gasteiger partial charge in [0, 0.05) is 18.7 Å². The molecule has 2 rings (SSSR count). The van der Waals surface area contributed by atoms with Crippen molar-refractivity contribution in [2.45, 2.75) is 44.6 Å². The van der Waals surface area contributed by atoms with Crippen LogP contribution in [0.3, 0.4) is 0 Å². The Labute approximate surface area is 135 Å². The first-order valence-corrected chi connectivity index (χ1v) is 7.62. The van der Waals surface area contributed by atoms with Gasteiger partial charge in [0.25, 0.3) is 0 Å². The van der Waals surface area contributed by atoms with Gasteiger partial charge >= 0.3 is 12.1 Å². The van der Waals surface area contributed by atoms with Crippen molar-refractivity contribution >= 4 is 12.1 Å². The molecule has 1 amide bonds. The number of carboxylic acids is 1. The lowest BCUT2D eigenvalue weighted by molar-refractivity contribution is -0.146. The van der Waals surface area contributed by atoms with Crippen molar-refractivity contribution in [3.05, 3.63) is 35.6 Å². The summed E-state index contributed by atoms with van der Waals surface area (Å²) in [7, 11) is 0. The fraction of sp³-hybridized carbons (Fsp3) is 0.529. The van der Waals surface area contributed by atoms with Crippen molar-refractivity contribution in [2.75, 3.05) is 13.1 Å². The van der Waals surface area contributed by atoms with Crippen LogP contribution in [-0.2, 0) is 14.9 Å². The molecule has 1 aliphatic heterocycles. The van der Waals surface area contributed by atoms with E-state index < -0.39 is 28.9 Å². The minimum Gasteiger partial charge on any atom is -0.481 e. The second-order valence-electron chi connectivity index (χ2n) is 6.87. The summed E-state index contributed by atoms with van der Waals surface area (Å²) in [4.78, 5) is 25.6. The molecule has 5 nitrogen and oxygen atoms in total. The molecule has 0 aromatic heterocycles. The predicted molar refractivity (Wildman–Crippen MR) is 82.8 cm³/mol. The van der Waals surface area contributed by atoms with Gasteiger partial charge in [0.15, 0.2) is 0 Å². The first-order chi connectivity index (χ1) is 10.7. The van der Waals surface area contributed by atoms with Crippen LogP contribution >= 0.6 is 0 Å². The maximum atomic E-state index is 14.2. The number of carboxylic acid groups (broad SMARTS) is 1. The van der Waals surface area contributed by atoms with Crippen molar-refractivity contribution in [2.24, 2.45) is 0 Å². The molecule has 1 aliphatic rings. The number of nitrogens with zero attached hydrogens (tertiary/aromatic N) is 1. The molecule has 0 saturated carbocycles. The highest BCUT2D eigenvalue weighted by Gasteiger charge is 2.47. The fourth-order valence-electron chi connectivity index (χ4n) is 2.90. The number of aliphatic carboxylic acids is 1. The van der Waals surface area contributed by atoms with E-state index in [9.17, 15) is 19.1 Å². The monoisotopic (exact) mass is 323 g/mol. The van der Waals surface area contributed by atoms with Gasteiger partial charge < -0.3 is 14.7 Å². The third-order valence-electron chi connectivity index (χ3n) is 3.94. The summed E-state index contributed by atoms with van der Waals surface area (Å²) >= 11 is 0. The Balaban J connectivity index is 2.33. The zero-order valence-corrected chi connectivity index (χ0v) is 13.6. The maximum absolute atomic E-state index is 14.2. The number of halogens is 1. The van der Waals surface area contributed by atoms with Crippen LogP contribution in [0.5, 0.6) is 0 Å². The van der Waals surface area contributed by atoms with Crippen LogP contribution in [0.15, 0.2) is 24.3 Å². The fourth-order valence-corrected chi connectivity index (χ4v) is 2.90. The van der Waals surface area contributed by atoms with Crippen molar-refractivity contribution in [3.8, 4) is 0 Å². The molecule has 23 heavy (non-hydrogen) atoms. The Morgan fingerprint density at radius 2 is 1.96 bits per heavy atom. The minimum atomic E-state index is -1.44. The van der Waals surface area contributed by atoms with E-state index in [0.29, 0.717) is 13.0 Å². The second kappa shape index (κ2) is 6.18. The predicted octanol–water partition coefficient (Wildman–Crippen LogP) is 3.18. The number of hydrogen-bond acceptors (Lipinski definition) is 3. The number of likely N-dealkylation sites (tertiary alicyclic amines) is 1. The van der Waals surface area contributed by atoms with Gasteiger partial charge in [0.05, 0.1) is 0 Å². The molecule has 0 aliphatic carbocycles. The SMILES string of the molecule is CC(C)(C)OC(=O)N1CCCC(C(=O)O)(c2ccccc2F)C1. The van der Waals surface area contributed by atoms with Gasteiger partial charge in [-0.05, 0) is 39.7 Å². The molecule has 1 fully saturated rings. The number of hydrogen-bond donors (Lipinski definition) is 1. The van der Waals surface area contributed by atoms with E-state index in [1.807, 2.05) is 0 Å². The van der Waals surface area contributed by atoms with Gasteiger partial charge in [-0.25, -0.2) is 9.18 Å². The molecule has 1 aromatic rings. The van der Waals surface area contributed by atoms with Gasteiger partial charge in [0.2, 0.25) is 0 Å². The first kappa shape index (κ1) is 17.2. The molecule has 0 spiro atoms. The molecule has 1 aromatic carbocycles. The summed E-state index contributed by atoms with van der Waals surface area (Å²) in [5, 5.41) is 9.75. The van der Waals surface area contributed by atoms with E-state index in [2.05, 4.69) is 0 Å². The Bertz CT molecular complexity index is 611. The summed E-state index contributed by atoms with van der Waals surface area (Å²) < 4.78 is 19.5. The van der Waals surface area contributed by atoms with Crippen LogP contribution in [0.1, 0.15) is 39.2 Å². The summed E-state index contributed by atoms with van der Waals surface area (Å²) in [6, 6.07) is 5.84. The molecule has 1 N–H and O–H groups in total. The summed E-state index contributed by atoms with van der Waals surface area (Å²) in [6.07, 6.45) is 0.182. The van der Waals surface area contributed by atoms with Gasteiger partial charge in [0.1, 0.15) is 16.8 Å². The van der Waals surface area contributed by atoms with Crippen molar-refractivity contribution in [1.29, 1.82) is 0 Å². The number of carbonyl (C=O) groups is 2. The summed E-state index contributed by atoms with van der Waals surface area (Å²) in [5.41, 5.74) is -2.00. The van der Waals surface area contributed by atoms with E-state index in [1.54, 1.807) is 26.8 Å². The number of carbonyl (C=O) groups excluding carboxylic acids is 1. The number of benzene rings is 1. The molecular weight excluding hydrogens is 301 g/mol. The van der Waals surface area contributed by atoms with Crippen molar-refractivity contribution < 1.29 is 23.8 Å². The largest absolute Gasteiger partial charge is 0.481 e. The van der Waals surface area contributed by atoms with E-state index in [-0.39, 0.29) is 18.5 Å². The average Bonchev–Trinajstić information content (AvgIpc) is 2.45. The highest BCUT2D eigenvalue weighted by Crippen LogP contribution is 2.36. The lowest BCUT2D eigenvalue weighted by atomic mass is 9.74. The van der Waals surface area contributed by atoms with Crippen LogP contribution in [0, 0.1) is 5.82 Å². The standard InChI is InChI=1S/C17H22FNO4/c1-16(2,3)23-15(22)19-10-6-9-17(11-19,14(20)21)12-7-4-5-8-13(12)18/h4-5,7-8H,6,9-11H2,1-3H3,(H,20,21). The van der Waals surface area contributed by atoms with E-state index in [1.165, 1.54) is 23.1 Å². The van der Waals surface area contributed by atoms with Crippen LogP contribution in [0.2, 0.25) is 0 Å². The van der Waals surface area contributed by atoms with Crippen molar-refractivity contribution in [1.82, 2.24) is 4.90 Å². The molecule has 1 heterocycles. The third-order valence-corrected chi connectivity index (χ3v) is 3.94. The molecule has 6 heteroatoms. The van der Waals surface area contributed by atoms with Gasteiger partial charge in [-0.2, -0.15) is 0 Å². The topological polar surface area (TPSA) is 66.8 Å². The van der Waals surface area contributed by atoms with Crippen LogP contribution < -0.4 is 0 Å². The molecule has 1 unspecified atom stereocenters. The third kappa shape index (κ3) is 3.63. The van der Waals surface area contributed by atoms with E-state index in [0.717, 1.165) is 0 Å². The quantitative estimate of drug-likeness (QED) is 0.908. The van der Waals surface area contributed by atoms with Gasteiger partial charge in [-0.3, -0.25) is 4.79 Å². The number of rotatable bonds is 2. The number of amides is 1. The minimum absolute atomic E-state index is 0.0990. The normalized spacial score (nSPS) is 21.8. The van der Waals surface area contributed by atoms with Gasteiger partial charge in [-0.15, -0.1) is 0 Å². The Morgan fingerprint density at radius 1 is 1.30 bits per heavy atom. The maximum Gasteiger partial charge on any atom is 0.410 e. The zero-order chi connectivity index (χ0) is 17.3. The molecule has 126 valence electrons. The van der Waals surface area contributed by atoms with Gasteiger partial charge in [-0.1, -0.05) is 18.2 Å². The van der Waals surface area contributed by atoms with Crippen LogP contribution in [0.25, 0.3) is 0 Å². The molecule has 1 saturated heterocycles. The molecule has 0 bridgehead atoms. The Hall–Kier alpha value is -2.11.